The molecule has 23 heavy (non-hydrogen) atoms. The fourth-order valence-corrected chi connectivity index (χ4v) is 2.65. The minimum absolute atomic E-state index is 0.0359. The first-order valence-electron chi connectivity index (χ1n) is 7.75. The lowest BCUT2D eigenvalue weighted by atomic mass is 10.2. The smallest absolute Gasteiger partial charge is 0.274 e. The van der Waals surface area contributed by atoms with Crippen molar-refractivity contribution >= 4 is 11.7 Å². The summed E-state index contributed by atoms with van der Waals surface area (Å²) in [5, 5.41) is 3.19. The van der Waals surface area contributed by atoms with Crippen molar-refractivity contribution in [1.29, 1.82) is 0 Å². The summed E-state index contributed by atoms with van der Waals surface area (Å²) in [6.07, 6.45) is 5.26. The number of aromatic nitrogens is 2. The highest BCUT2D eigenvalue weighted by molar-refractivity contribution is 5.92. The molecule has 6 nitrogen and oxygen atoms in total. The van der Waals surface area contributed by atoms with Gasteiger partial charge in [0, 0.05) is 25.2 Å². The fraction of sp³-hybridized carbons (Fsp3) is 0.353. The summed E-state index contributed by atoms with van der Waals surface area (Å²) in [6, 6.07) is 7.80. The van der Waals surface area contributed by atoms with Gasteiger partial charge < -0.3 is 15.0 Å². The highest BCUT2D eigenvalue weighted by atomic mass is 16.5. The van der Waals surface area contributed by atoms with Crippen molar-refractivity contribution in [2.75, 3.05) is 25.5 Å². The molecule has 0 aliphatic carbocycles. The van der Waals surface area contributed by atoms with Crippen molar-refractivity contribution in [1.82, 2.24) is 14.9 Å². The van der Waals surface area contributed by atoms with E-state index in [1.807, 2.05) is 29.2 Å². The van der Waals surface area contributed by atoms with Gasteiger partial charge in [-0.25, -0.2) is 9.97 Å². The monoisotopic (exact) mass is 312 g/mol. The van der Waals surface area contributed by atoms with Crippen LogP contribution in [0.15, 0.2) is 36.7 Å². The Morgan fingerprint density at radius 1 is 1.22 bits per heavy atom. The second-order valence-electron chi connectivity index (χ2n) is 5.45. The summed E-state index contributed by atoms with van der Waals surface area (Å²) in [6.45, 7) is 2.21. The van der Waals surface area contributed by atoms with E-state index in [1.165, 1.54) is 6.20 Å². The van der Waals surface area contributed by atoms with E-state index in [9.17, 15) is 4.79 Å². The van der Waals surface area contributed by atoms with Crippen LogP contribution in [0.2, 0.25) is 0 Å². The number of carbonyl (C=O) groups excluding carboxylic acids is 1. The van der Waals surface area contributed by atoms with Crippen LogP contribution in [-0.2, 0) is 6.54 Å². The lowest BCUT2D eigenvalue weighted by Crippen LogP contribution is -2.28. The van der Waals surface area contributed by atoms with E-state index in [0.29, 0.717) is 18.1 Å². The van der Waals surface area contributed by atoms with Crippen LogP contribution in [0.1, 0.15) is 28.9 Å². The second-order valence-corrected chi connectivity index (χ2v) is 5.45. The molecule has 120 valence electrons. The number of ether oxygens (including phenoxy) is 1. The first-order chi connectivity index (χ1) is 11.3. The number of benzene rings is 1. The fourth-order valence-electron chi connectivity index (χ4n) is 2.65. The van der Waals surface area contributed by atoms with Crippen molar-refractivity contribution in [3.8, 4) is 5.75 Å². The average Bonchev–Trinajstić information content (AvgIpc) is 3.14. The molecule has 0 saturated carbocycles. The number of carbonyl (C=O) groups is 1. The normalized spacial score (nSPS) is 13.9. The summed E-state index contributed by atoms with van der Waals surface area (Å²) < 4.78 is 5.32. The van der Waals surface area contributed by atoms with Gasteiger partial charge in [0.1, 0.15) is 17.3 Å². The van der Waals surface area contributed by atoms with E-state index in [4.69, 9.17) is 4.74 Å². The van der Waals surface area contributed by atoms with Crippen LogP contribution >= 0.6 is 0 Å². The van der Waals surface area contributed by atoms with Gasteiger partial charge in [0.05, 0.1) is 19.5 Å². The van der Waals surface area contributed by atoms with Crippen molar-refractivity contribution in [3.05, 3.63) is 47.9 Å². The molecule has 1 saturated heterocycles. The van der Waals surface area contributed by atoms with Crippen molar-refractivity contribution in [2.45, 2.75) is 19.4 Å². The Labute approximate surface area is 135 Å². The van der Waals surface area contributed by atoms with E-state index in [0.717, 1.165) is 37.2 Å². The molecule has 0 radical (unpaired) electrons. The molecule has 1 N–H and O–H groups in total. The summed E-state index contributed by atoms with van der Waals surface area (Å²) >= 11 is 0. The number of nitrogens with one attached hydrogen (secondary N) is 1. The molecule has 2 aromatic rings. The van der Waals surface area contributed by atoms with E-state index in [2.05, 4.69) is 15.3 Å². The second kappa shape index (κ2) is 7.09. The summed E-state index contributed by atoms with van der Waals surface area (Å²) in [5.41, 5.74) is 1.43. The predicted molar refractivity (Wildman–Crippen MR) is 87.5 cm³/mol. The zero-order valence-corrected chi connectivity index (χ0v) is 13.2. The van der Waals surface area contributed by atoms with Crippen LogP contribution in [-0.4, -0.2) is 41.0 Å². The number of likely N-dealkylation sites (tertiary alicyclic amines) is 1. The van der Waals surface area contributed by atoms with Gasteiger partial charge in [-0.05, 0) is 18.9 Å². The number of methoxy groups -OCH3 is 1. The van der Waals surface area contributed by atoms with Gasteiger partial charge in [-0.2, -0.15) is 0 Å². The maximum Gasteiger partial charge on any atom is 0.274 e. The first kappa shape index (κ1) is 15.3. The highest BCUT2D eigenvalue weighted by Gasteiger charge is 2.20. The number of anilines is 1. The molecule has 1 aromatic carbocycles. The molecule has 6 heteroatoms. The Hall–Kier alpha value is -2.63. The Kier molecular flexibility index (Phi) is 4.71. The van der Waals surface area contributed by atoms with Crippen LogP contribution in [0.25, 0.3) is 0 Å². The summed E-state index contributed by atoms with van der Waals surface area (Å²) in [4.78, 5) is 22.5. The van der Waals surface area contributed by atoms with E-state index >= 15 is 0 Å². The van der Waals surface area contributed by atoms with E-state index < -0.39 is 0 Å². The molecular formula is C17H20N4O2. The van der Waals surface area contributed by atoms with Gasteiger partial charge in [0.15, 0.2) is 0 Å². The molecule has 0 bridgehead atoms. The van der Waals surface area contributed by atoms with Crippen LogP contribution < -0.4 is 10.1 Å². The zero-order chi connectivity index (χ0) is 16.1. The van der Waals surface area contributed by atoms with Gasteiger partial charge in [-0.1, -0.05) is 18.2 Å². The Balaban J connectivity index is 1.62. The standard InChI is InChI=1S/C17H20N4O2/c1-23-15-7-3-2-6-13(15)10-19-16-12-18-14(11-20-16)17(22)21-8-4-5-9-21/h2-3,6-7,11-12H,4-5,8-10H2,1H3,(H,19,20). The third-order valence-electron chi connectivity index (χ3n) is 3.92. The van der Waals surface area contributed by atoms with E-state index in [-0.39, 0.29) is 5.91 Å². The minimum atomic E-state index is -0.0359. The van der Waals surface area contributed by atoms with Crippen LogP contribution in [0.5, 0.6) is 5.75 Å². The minimum Gasteiger partial charge on any atom is -0.496 e. The highest BCUT2D eigenvalue weighted by Crippen LogP contribution is 2.18. The number of nitrogens with zero attached hydrogens (tertiary/aromatic N) is 3. The first-order valence-corrected chi connectivity index (χ1v) is 7.75. The molecule has 1 amide bonds. The van der Waals surface area contributed by atoms with Gasteiger partial charge in [-0.15, -0.1) is 0 Å². The Morgan fingerprint density at radius 3 is 2.70 bits per heavy atom. The van der Waals surface area contributed by atoms with Crippen LogP contribution in [0.4, 0.5) is 5.82 Å². The van der Waals surface area contributed by atoms with Gasteiger partial charge in [0.25, 0.3) is 5.91 Å². The third kappa shape index (κ3) is 3.59. The number of amides is 1. The maximum absolute atomic E-state index is 12.2. The van der Waals surface area contributed by atoms with Gasteiger partial charge in [0.2, 0.25) is 0 Å². The Morgan fingerprint density at radius 2 is 2.00 bits per heavy atom. The van der Waals surface area contributed by atoms with Crippen molar-refractivity contribution < 1.29 is 9.53 Å². The number of hydrogen-bond donors (Lipinski definition) is 1. The molecule has 1 aliphatic heterocycles. The van der Waals surface area contributed by atoms with Gasteiger partial charge >= 0.3 is 0 Å². The molecule has 0 atom stereocenters. The molecule has 1 aromatic heterocycles. The number of para-hydroxylation sites is 1. The summed E-state index contributed by atoms with van der Waals surface area (Å²) in [5.74, 6) is 1.42. The predicted octanol–water partition coefficient (Wildman–Crippen LogP) is 2.33. The summed E-state index contributed by atoms with van der Waals surface area (Å²) in [7, 11) is 1.65. The van der Waals surface area contributed by atoms with Crippen LogP contribution in [0.3, 0.4) is 0 Å². The molecule has 0 spiro atoms. The molecule has 2 heterocycles. The quantitative estimate of drug-likeness (QED) is 0.918. The average molecular weight is 312 g/mol. The lowest BCUT2D eigenvalue weighted by molar-refractivity contribution is 0.0786. The maximum atomic E-state index is 12.2. The van der Waals surface area contributed by atoms with Gasteiger partial charge in [-0.3, -0.25) is 4.79 Å². The SMILES string of the molecule is COc1ccccc1CNc1cnc(C(=O)N2CCCC2)cn1. The molecule has 1 aliphatic rings. The number of rotatable bonds is 5. The molecule has 1 fully saturated rings. The van der Waals surface area contributed by atoms with E-state index in [1.54, 1.807) is 13.3 Å². The number of hydrogen-bond acceptors (Lipinski definition) is 5. The zero-order valence-electron chi connectivity index (χ0n) is 13.2. The Bertz CT molecular complexity index is 667. The molecule has 0 unspecified atom stereocenters. The largest absolute Gasteiger partial charge is 0.496 e. The third-order valence-corrected chi connectivity index (χ3v) is 3.92. The van der Waals surface area contributed by atoms with Crippen molar-refractivity contribution in [3.63, 3.8) is 0 Å². The lowest BCUT2D eigenvalue weighted by Gasteiger charge is -2.14. The molecule has 3 rings (SSSR count). The molecular weight excluding hydrogens is 292 g/mol. The topological polar surface area (TPSA) is 67.3 Å². The van der Waals surface area contributed by atoms with Crippen molar-refractivity contribution in [2.24, 2.45) is 0 Å². The van der Waals surface area contributed by atoms with Crippen LogP contribution in [0, 0.1) is 0 Å².